The average Bonchev–Trinajstić information content (AvgIpc) is 2.30. The number of benzene rings is 1. The van der Waals surface area contributed by atoms with Crippen LogP contribution >= 0.6 is 15.9 Å². The standard InChI is InChI=1S/C12H9BrFNO/c13-10-5-2-1-4-9(10)8-16-11-6-3-7-15-12(11)14/h1-7H,8H2. The van der Waals surface area contributed by atoms with E-state index in [1.54, 1.807) is 12.1 Å². The molecule has 0 aliphatic carbocycles. The molecule has 0 aliphatic rings. The summed E-state index contributed by atoms with van der Waals surface area (Å²) in [6.45, 7) is 0.310. The molecule has 0 amide bonds. The predicted octanol–water partition coefficient (Wildman–Crippen LogP) is 3.56. The fourth-order valence-electron chi connectivity index (χ4n) is 1.25. The molecule has 0 atom stereocenters. The van der Waals surface area contributed by atoms with Gasteiger partial charge in [-0.2, -0.15) is 4.39 Å². The van der Waals surface area contributed by atoms with Crippen LogP contribution in [-0.4, -0.2) is 4.98 Å². The second kappa shape index (κ2) is 5.07. The third-order valence-corrected chi connectivity index (χ3v) is 2.84. The van der Waals surface area contributed by atoms with Crippen LogP contribution in [0, 0.1) is 5.95 Å². The average molecular weight is 282 g/mol. The minimum atomic E-state index is -0.588. The van der Waals surface area contributed by atoms with Gasteiger partial charge in [0.2, 0.25) is 0 Å². The maximum absolute atomic E-state index is 13.1. The van der Waals surface area contributed by atoms with Gasteiger partial charge in [0.05, 0.1) is 0 Å². The first-order valence-corrected chi connectivity index (χ1v) is 5.53. The number of halogens is 2. The number of rotatable bonds is 3. The van der Waals surface area contributed by atoms with Gasteiger partial charge in [0.1, 0.15) is 6.61 Å². The van der Waals surface area contributed by atoms with E-state index in [-0.39, 0.29) is 5.75 Å². The lowest BCUT2D eigenvalue weighted by Crippen LogP contribution is -1.99. The van der Waals surface area contributed by atoms with E-state index in [1.807, 2.05) is 24.3 Å². The van der Waals surface area contributed by atoms with E-state index < -0.39 is 5.95 Å². The Morgan fingerprint density at radius 2 is 2.00 bits per heavy atom. The van der Waals surface area contributed by atoms with Gasteiger partial charge < -0.3 is 4.74 Å². The quantitative estimate of drug-likeness (QED) is 0.803. The summed E-state index contributed by atoms with van der Waals surface area (Å²) in [4.78, 5) is 3.51. The van der Waals surface area contributed by atoms with E-state index in [0.717, 1.165) is 10.0 Å². The van der Waals surface area contributed by atoms with Crippen molar-refractivity contribution in [2.45, 2.75) is 6.61 Å². The smallest absolute Gasteiger partial charge is 0.255 e. The SMILES string of the molecule is Fc1ncccc1OCc1ccccc1Br. The highest BCUT2D eigenvalue weighted by Gasteiger charge is 2.04. The van der Waals surface area contributed by atoms with Gasteiger partial charge in [-0.1, -0.05) is 34.1 Å². The Labute approximate surface area is 101 Å². The van der Waals surface area contributed by atoms with E-state index in [4.69, 9.17) is 4.74 Å². The highest BCUT2D eigenvalue weighted by molar-refractivity contribution is 9.10. The highest BCUT2D eigenvalue weighted by Crippen LogP contribution is 2.19. The van der Waals surface area contributed by atoms with Gasteiger partial charge in [-0.15, -0.1) is 0 Å². The minimum Gasteiger partial charge on any atom is -0.484 e. The highest BCUT2D eigenvalue weighted by atomic mass is 79.9. The van der Waals surface area contributed by atoms with Crippen molar-refractivity contribution in [2.75, 3.05) is 0 Å². The Morgan fingerprint density at radius 3 is 2.75 bits per heavy atom. The molecule has 1 heterocycles. The molecule has 4 heteroatoms. The van der Waals surface area contributed by atoms with Crippen molar-refractivity contribution in [3.8, 4) is 5.75 Å². The van der Waals surface area contributed by atoms with Gasteiger partial charge in [0.15, 0.2) is 5.75 Å². The maximum Gasteiger partial charge on any atom is 0.255 e. The number of hydrogen-bond donors (Lipinski definition) is 0. The van der Waals surface area contributed by atoms with Crippen LogP contribution in [-0.2, 0) is 6.61 Å². The Bertz CT molecular complexity index is 444. The molecule has 0 spiro atoms. The first kappa shape index (κ1) is 11.1. The van der Waals surface area contributed by atoms with Gasteiger partial charge in [0, 0.05) is 16.2 Å². The number of pyridine rings is 1. The van der Waals surface area contributed by atoms with Crippen LogP contribution in [0.15, 0.2) is 47.1 Å². The van der Waals surface area contributed by atoms with Gasteiger partial charge in [-0.05, 0) is 18.2 Å². The van der Waals surface area contributed by atoms with Crippen LogP contribution in [0.1, 0.15) is 5.56 Å². The molecule has 1 aromatic heterocycles. The predicted molar refractivity (Wildman–Crippen MR) is 62.7 cm³/mol. The van der Waals surface area contributed by atoms with E-state index >= 15 is 0 Å². The lowest BCUT2D eigenvalue weighted by molar-refractivity contribution is 0.285. The topological polar surface area (TPSA) is 22.1 Å². The molecule has 2 aromatic rings. The summed E-state index contributed by atoms with van der Waals surface area (Å²) in [5.41, 5.74) is 0.964. The molecule has 16 heavy (non-hydrogen) atoms. The summed E-state index contributed by atoms with van der Waals surface area (Å²) >= 11 is 3.40. The van der Waals surface area contributed by atoms with Gasteiger partial charge >= 0.3 is 0 Å². The molecule has 0 N–H and O–H groups in total. The third kappa shape index (κ3) is 2.58. The van der Waals surface area contributed by atoms with Crippen molar-refractivity contribution in [2.24, 2.45) is 0 Å². The zero-order valence-electron chi connectivity index (χ0n) is 8.36. The molecule has 1 aromatic carbocycles. The fourth-order valence-corrected chi connectivity index (χ4v) is 1.65. The first-order valence-electron chi connectivity index (χ1n) is 4.74. The second-order valence-electron chi connectivity index (χ2n) is 3.17. The summed E-state index contributed by atoms with van der Waals surface area (Å²) in [6.07, 6.45) is 1.39. The number of nitrogens with zero attached hydrogens (tertiary/aromatic N) is 1. The minimum absolute atomic E-state index is 0.165. The number of aromatic nitrogens is 1. The van der Waals surface area contributed by atoms with E-state index in [9.17, 15) is 4.39 Å². The monoisotopic (exact) mass is 281 g/mol. The molecular formula is C12H9BrFNO. The van der Waals surface area contributed by atoms with Crippen molar-refractivity contribution in [3.05, 3.63) is 58.6 Å². The Balaban J connectivity index is 2.09. The van der Waals surface area contributed by atoms with Crippen LogP contribution in [0.4, 0.5) is 4.39 Å². The molecular weight excluding hydrogens is 273 g/mol. The van der Waals surface area contributed by atoms with Crippen LogP contribution in [0.25, 0.3) is 0 Å². The third-order valence-electron chi connectivity index (χ3n) is 2.07. The Kier molecular flexibility index (Phi) is 3.51. The van der Waals surface area contributed by atoms with Crippen molar-refractivity contribution in [1.29, 1.82) is 0 Å². The van der Waals surface area contributed by atoms with Crippen LogP contribution < -0.4 is 4.74 Å². The normalized spacial score (nSPS) is 10.1. The molecule has 0 bridgehead atoms. The van der Waals surface area contributed by atoms with E-state index in [0.29, 0.717) is 6.61 Å². The van der Waals surface area contributed by atoms with Crippen molar-refractivity contribution < 1.29 is 9.13 Å². The maximum atomic E-state index is 13.1. The molecule has 0 radical (unpaired) electrons. The van der Waals surface area contributed by atoms with Crippen molar-refractivity contribution >= 4 is 15.9 Å². The van der Waals surface area contributed by atoms with Gasteiger partial charge in [-0.25, -0.2) is 4.98 Å². The van der Waals surface area contributed by atoms with Gasteiger partial charge in [-0.3, -0.25) is 0 Å². The van der Waals surface area contributed by atoms with Crippen molar-refractivity contribution in [3.63, 3.8) is 0 Å². The molecule has 2 rings (SSSR count). The van der Waals surface area contributed by atoms with Crippen molar-refractivity contribution in [1.82, 2.24) is 4.98 Å². The van der Waals surface area contributed by atoms with Crippen LogP contribution in [0.5, 0.6) is 5.75 Å². The fraction of sp³-hybridized carbons (Fsp3) is 0.0833. The molecule has 0 saturated carbocycles. The lowest BCUT2D eigenvalue weighted by atomic mass is 10.2. The van der Waals surface area contributed by atoms with Crippen LogP contribution in [0.3, 0.4) is 0 Å². The van der Waals surface area contributed by atoms with E-state index in [2.05, 4.69) is 20.9 Å². The molecule has 0 unspecified atom stereocenters. The van der Waals surface area contributed by atoms with E-state index in [1.165, 1.54) is 6.20 Å². The Hall–Kier alpha value is -1.42. The number of ether oxygens (including phenoxy) is 1. The Morgan fingerprint density at radius 1 is 1.19 bits per heavy atom. The molecule has 0 saturated heterocycles. The largest absolute Gasteiger partial charge is 0.484 e. The van der Waals surface area contributed by atoms with Crippen LogP contribution in [0.2, 0.25) is 0 Å². The summed E-state index contributed by atoms with van der Waals surface area (Å²) in [5.74, 6) is -0.423. The zero-order chi connectivity index (χ0) is 11.4. The number of hydrogen-bond acceptors (Lipinski definition) is 2. The lowest BCUT2D eigenvalue weighted by Gasteiger charge is -2.07. The molecule has 0 fully saturated rings. The first-order chi connectivity index (χ1) is 7.77. The van der Waals surface area contributed by atoms with Gasteiger partial charge in [0.25, 0.3) is 5.95 Å². The second-order valence-corrected chi connectivity index (χ2v) is 4.03. The molecule has 0 aliphatic heterocycles. The summed E-state index contributed by atoms with van der Waals surface area (Å²) in [5, 5.41) is 0. The summed E-state index contributed by atoms with van der Waals surface area (Å²) in [6, 6.07) is 10.8. The zero-order valence-corrected chi connectivity index (χ0v) is 9.95. The summed E-state index contributed by atoms with van der Waals surface area (Å²) in [7, 11) is 0. The summed E-state index contributed by atoms with van der Waals surface area (Å²) < 4.78 is 19.4. The molecule has 82 valence electrons. The molecule has 2 nitrogen and oxygen atoms in total.